The number of carbonyl (C=O) groups excluding carboxylic acids is 1. The number of carbonyl (C=O) groups is 1. The molecule has 2 N–H and O–H groups in total. The quantitative estimate of drug-likeness (QED) is 0.551. The largest absolute Gasteiger partial charge is 0.497 e. The predicted octanol–water partition coefficient (Wildman–Crippen LogP) is 4.26. The van der Waals surface area contributed by atoms with E-state index in [4.69, 9.17) is 25.8 Å². The molecule has 0 spiro atoms. The average Bonchev–Trinajstić information content (AvgIpc) is 3.32. The third-order valence-electron chi connectivity index (χ3n) is 5.50. The highest BCUT2D eigenvalue weighted by Crippen LogP contribution is 2.32. The van der Waals surface area contributed by atoms with Crippen LogP contribution in [-0.4, -0.2) is 47.5 Å². The molecule has 0 unspecified atom stereocenters. The minimum Gasteiger partial charge on any atom is -0.497 e. The molecule has 0 saturated heterocycles. The van der Waals surface area contributed by atoms with Crippen LogP contribution in [0.15, 0.2) is 42.6 Å². The normalized spacial score (nSPS) is 18.1. The Balaban J connectivity index is 1.34. The number of aromatic amines is 1. The number of hydrogen-bond donors (Lipinski definition) is 2. The van der Waals surface area contributed by atoms with Crippen LogP contribution in [0.3, 0.4) is 0 Å². The molecule has 1 fully saturated rings. The highest BCUT2D eigenvalue weighted by atomic mass is 35.5. The number of hydrogen-bond acceptors (Lipinski definition) is 6. The van der Waals surface area contributed by atoms with E-state index >= 15 is 0 Å². The summed E-state index contributed by atoms with van der Waals surface area (Å²) in [4.78, 5) is 16.9. The van der Waals surface area contributed by atoms with Gasteiger partial charge < -0.3 is 19.5 Å². The molecule has 1 aromatic carbocycles. The van der Waals surface area contributed by atoms with Gasteiger partial charge in [0.2, 0.25) is 5.88 Å². The van der Waals surface area contributed by atoms with E-state index < -0.39 is 0 Å². The summed E-state index contributed by atoms with van der Waals surface area (Å²) >= 11 is 5.86. The van der Waals surface area contributed by atoms with Crippen LogP contribution >= 0.6 is 11.6 Å². The van der Waals surface area contributed by atoms with E-state index in [0.717, 1.165) is 31.2 Å². The number of halogens is 1. The zero-order chi connectivity index (χ0) is 22.5. The van der Waals surface area contributed by atoms with Crippen LogP contribution in [0.5, 0.6) is 17.4 Å². The Labute approximate surface area is 191 Å². The second kappa shape index (κ2) is 9.91. The monoisotopic (exact) mass is 456 g/mol. The Morgan fingerprint density at radius 2 is 1.91 bits per heavy atom. The molecule has 8 nitrogen and oxygen atoms in total. The van der Waals surface area contributed by atoms with Crippen LogP contribution in [0.25, 0.3) is 11.3 Å². The number of nitrogens with zero attached hydrogens (tertiary/aromatic N) is 2. The zero-order valence-electron chi connectivity index (χ0n) is 17.9. The minimum absolute atomic E-state index is 0.0797. The van der Waals surface area contributed by atoms with Crippen molar-refractivity contribution in [1.29, 1.82) is 0 Å². The van der Waals surface area contributed by atoms with Crippen molar-refractivity contribution in [2.45, 2.75) is 37.8 Å². The lowest BCUT2D eigenvalue weighted by Gasteiger charge is -2.29. The Morgan fingerprint density at radius 1 is 1.09 bits per heavy atom. The predicted molar refractivity (Wildman–Crippen MR) is 121 cm³/mol. The number of benzene rings is 1. The van der Waals surface area contributed by atoms with Crippen molar-refractivity contribution < 1.29 is 19.0 Å². The molecular weight excluding hydrogens is 432 g/mol. The minimum atomic E-state index is -0.186. The highest BCUT2D eigenvalue weighted by Gasteiger charge is 2.25. The van der Waals surface area contributed by atoms with E-state index in [0.29, 0.717) is 33.8 Å². The molecule has 0 atom stereocenters. The molecule has 0 aliphatic heterocycles. The topological polar surface area (TPSA) is 98.4 Å². The number of amides is 1. The molecule has 32 heavy (non-hydrogen) atoms. The highest BCUT2D eigenvalue weighted by molar-refractivity contribution is 6.30. The molecule has 1 saturated carbocycles. The first-order valence-electron chi connectivity index (χ1n) is 10.4. The molecule has 1 aliphatic rings. The van der Waals surface area contributed by atoms with Gasteiger partial charge in [0.25, 0.3) is 5.91 Å². The second-order valence-electron chi connectivity index (χ2n) is 7.61. The summed E-state index contributed by atoms with van der Waals surface area (Å²) in [6.07, 6.45) is 4.98. The molecule has 0 radical (unpaired) electrons. The van der Waals surface area contributed by atoms with Gasteiger partial charge in [-0.25, -0.2) is 4.98 Å². The molecule has 3 aromatic rings. The Hall–Kier alpha value is -3.26. The maximum absolute atomic E-state index is 12.7. The van der Waals surface area contributed by atoms with Gasteiger partial charge in [-0.3, -0.25) is 9.89 Å². The number of methoxy groups -OCH3 is 2. The summed E-state index contributed by atoms with van der Waals surface area (Å²) < 4.78 is 16.6. The van der Waals surface area contributed by atoms with Gasteiger partial charge in [0.05, 0.1) is 24.9 Å². The molecular formula is C23H25ClN4O4. The first-order valence-corrected chi connectivity index (χ1v) is 10.8. The molecule has 4 rings (SSSR count). The Morgan fingerprint density at radius 3 is 2.59 bits per heavy atom. The van der Waals surface area contributed by atoms with Crippen LogP contribution in [0.1, 0.15) is 36.2 Å². The fourth-order valence-electron chi connectivity index (χ4n) is 3.78. The van der Waals surface area contributed by atoms with Crippen LogP contribution in [0.4, 0.5) is 0 Å². The van der Waals surface area contributed by atoms with E-state index in [1.54, 1.807) is 38.6 Å². The van der Waals surface area contributed by atoms with Crippen LogP contribution in [0, 0.1) is 0 Å². The second-order valence-corrected chi connectivity index (χ2v) is 8.05. The van der Waals surface area contributed by atoms with E-state index in [2.05, 4.69) is 20.5 Å². The van der Waals surface area contributed by atoms with Gasteiger partial charge in [-0.15, -0.1) is 0 Å². The molecule has 1 aliphatic carbocycles. The third kappa shape index (κ3) is 5.13. The number of aromatic nitrogens is 3. The maximum Gasteiger partial charge on any atom is 0.269 e. The summed E-state index contributed by atoms with van der Waals surface area (Å²) in [7, 11) is 3.19. The molecule has 0 bridgehead atoms. The van der Waals surface area contributed by atoms with Gasteiger partial charge in [0, 0.05) is 23.9 Å². The molecule has 1 amide bonds. The lowest BCUT2D eigenvalue weighted by atomic mass is 9.93. The molecule has 2 aromatic heterocycles. The van der Waals surface area contributed by atoms with Crippen molar-refractivity contribution in [1.82, 2.24) is 20.5 Å². The number of ether oxygens (including phenoxy) is 3. The van der Waals surface area contributed by atoms with Crippen LogP contribution < -0.4 is 19.5 Å². The molecule has 2 heterocycles. The summed E-state index contributed by atoms with van der Waals surface area (Å²) in [5.41, 5.74) is 1.75. The van der Waals surface area contributed by atoms with Gasteiger partial charge in [0.15, 0.2) is 0 Å². The number of rotatable bonds is 7. The van der Waals surface area contributed by atoms with E-state index in [1.807, 2.05) is 18.2 Å². The van der Waals surface area contributed by atoms with E-state index in [9.17, 15) is 4.79 Å². The Kier molecular flexibility index (Phi) is 6.80. The first-order chi connectivity index (χ1) is 15.6. The summed E-state index contributed by atoms with van der Waals surface area (Å²) in [5, 5.41) is 10.8. The van der Waals surface area contributed by atoms with Crippen molar-refractivity contribution in [3.63, 3.8) is 0 Å². The van der Waals surface area contributed by atoms with Crippen molar-refractivity contribution in [3.8, 4) is 28.6 Å². The third-order valence-corrected chi connectivity index (χ3v) is 5.73. The summed E-state index contributed by atoms with van der Waals surface area (Å²) in [6.45, 7) is 0. The Bertz CT molecular complexity index is 1060. The lowest BCUT2D eigenvalue weighted by molar-refractivity contribution is 0.0885. The van der Waals surface area contributed by atoms with Crippen LogP contribution in [0.2, 0.25) is 5.02 Å². The fraction of sp³-hybridized carbons (Fsp3) is 0.348. The summed E-state index contributed by atoms with van der Waals surface area (Å²) in [6, 6.07) is 10.8. The number of H-pyrrole nitrogens is 1. The van der Waals surface area contributed by atoms with E-state index in [-0.39, 0.29) is 18.1 Å². The van der Waals surface area contributed by atoms with Crippen LogP contribution in [-0.2, 0) is 0 Å². The van der Waals surface area contributed by atoms with Crippen molar-refractivity contribution in [2.24, 2.45) is 0 Å². The fourth-order valence-corrected chi connectivity index (χ4v) is 3.89. The number of pyridine rings is 1. The smallest absolute Gasteiger partial charge is 0.269 e. The van der Waals surface area contributed by atoms with Gasteiger partial charge in [-0.1, -0.05) is 11.6 Å². The van der Waals surface area contributed by atoms with Crippen molar-refractivity contribution in [3.05, 3.63) is 53.3 Å². The lowest BCUT2D eigenvalue weighted by Crippen LogP contribution is -2.39. The van der Waals surface area contributed by atoms with E-state index in [1.165, 1.54) is 0 Å². The van der Waals surface area contributed by atoms with Gasteiger partial charge in [-0.05, 0) is 56.0 Å². The van der Waals surface area contributed by atoms with Crippen molar-refractivity contribution in [2.75, 3.05) is 14.2 Å². The SMILES string of the molecule is COc1ccc(OC)c(-c2cc(C(=O)NC3CCC(Oc4ccc(Cl)cn4)CC3)[nH]n2)c1. The standard InChI is InChI=1S/C23H25ClN4O4/c1-30-17-8-9-21(31-2)18(11-17)19-12-20(28-27-19)23(29)26-15-4-6-16(7-5-15)32-22-10-3-14(24)13-25-22/h3,8-13,15-16H,4-7H2,1-2H3,(H,26,29)(H,27,28). The average molecular weight is 457 g/mol. The first kappa shape index (κ1) is 22.0. The molecule has 9 heteroatoms. The number of nitrogens with one attached hydrogen (secondary N) is 2. The summed E-state index contributed by atoms with van der Waals surface area (Å²) in [5.74, 6) is 1.72. The molecule has 168 valence electrons. The zero-order valence-corrected chi connectivity index (χ0v) is 18.7. The van der Waals surface area contributed by atoms with Crippen molar-refractivity contribution >= 4 is 17.5 Å². The van der Waals surface area contributed by atoms with Gasteiger partial charge in [-0.2, -0.15) is 5.10 Å². The maximum atomic E-state index is 12.7. The van der Waals surface area contributed by atoms with Gasteiger partial charge in [0.1, 0.15) is 23.3 Å². The van der Waals surface area contributed by atoms with Gasteiger partial charge >= 0.3 is 0 Å².